The van der Waals surface area contributed by atoms with Gasteiger partial charge in [0.05, 0.1) is 30.9 Å². The van der Waals surface area contributed by atoms with Crippen LogP contribution in [0, 0.1) is 17.3 Å². The molecule has 2 aromatic rings. The normalized spacial score (nSPS) is 21.5. The molecule has 4 rings (SSSR count). The Morgan fingerprint density at radius 1 is 1.23 bits per heavy atom. The number of likely N-dealkylation sites (tertiary alicyclic amines) is 1. The Morgan fingerprint density at radius 2 is 1.95 bits per heavy atom. The second-order valence-corrected chi connectivity index (χ2v) is 13.5. The summed E-state index contributed by atoms with van der Waals surface area (Å²) in [6, 6.07) is 5.66. The number of aryl methyl sites for hydroxylation is 1. The molecule has 9 heteroatoms. The predicted molar refractivity (Wildman–Crippen MR) is 175 cm³/mol. The third-order valence-corrected chi connectivity index (χ3v) is 9.74. The van der Waals surface area contributed by atoms with E-state index in [1.165, 1.54) is 5.56 Å². The molecule has 240 valence electrons. The number of fused-ring (bicyclic) bond motifs is 1. The van der Waals surface area contributed by atoms with E-state index in [0.717, 1.165) is 41.7 Å². The van der Waals surface area contributed by atoms with Crippen LogP contribution in [-0.4, -0.2) is 59.4 Å². The van der Waals surface area contributed by atoms with Gasteiger partial charge in [-0.2, -0.15) is 0 Å². The van der Waals surface area contributed by atoms with Gasteiger partial charge in [-0.1, -0.05) is 63.6 Å². The van der Waals surface area contributed by atoms with Crippen LogP contribution in [0.4, 0.5) is 4.79 Å². The van der Waals surface area contributed by atoms with Gasteiger partial charge in [-0.25, -0.2) is 9.78 Å². The summed E-state index contributed by atoms with van der Waals surface area (Å²) < 4.78 is 13.1. The number of hydrogen-bond donors (Lipinski definition) is 1. The molecular formula is C35H49ClN4O4. The molecule has 44 heavy (non-hydrogen) atoms. The molecular weight excluding hydrogens is 576 g/mol. The highest BCUT2D eigenvalue weighted by molar-refractivity contribution is 6.30. The molecule has 0 bridgehead atoms. The lowest BCUT2D eigenvalue weighted by Crippen LogP contribution is -2.42. The molecule has 1 saturated heterocycles. The van der Waals surface area contributed by atoms with Gasteiger partial charge >= 0.3 is 6.09 Å². The number of carbonyl (C=O) groups is 2. The molecule has 3 unspecified atom stereocenters. The van der Waals surface area contributed by atoms with Crippen molar-refractivity contribution in [1.82, 2.24) is 19.8 Å². The molecule has 2 amide bonds. The molecule has 3 atom stereocenters. The van der Waals surface area contributed by atoms with Gasteiger partial charge in [-0.3, -0.25) is 4.79 Å². The maximum Gasteiger partial charge on any atom is 0.409 e. The van der Waals surface area contributed by atoms with Gasteiger partial charge in [0.1, 0.15) is 6.61 Å². The number of carbonyl (C=O) groups excluding carboxylic acids is 2. The third kappa shape index (κ3) is 7.94. The number of allylic oxidation sites excluding steroid dienone is 2. The van der Waals surface area contributed by atoms with E-state index in [4.69, 9.17) is 21.1 Å². The standard InChI is InChI=1S/C35H49ClN4O4/c1-8-35(5,6)21-44-34(42)40-16-14-25(15-17-40)32-24(4)23(3)10-12-28(29-18-26(36)11-13-27(29)32)33(30-19-37-22-39(30)7)38-31(41)20-43-9-2/h11-13,18-19,22,24-25,32-33H,3,8-10,14-17,20-21H2,1-2,4-7H3,(H,38,41)/b28-12+. The van der Waals surface area contributed by atoms with Crippen molar-refractivity contribution in [2.24, 2.45) is 24.3 Å². The van der Waals surface area contributed by atoms with E-state index >= 15 is 0 Å². The predicted octanol–water partition coefficient (Wildman–Crippen LogP) is 7.32. The summed E-state index contributed by atoms with van der Waals surface area (Å²) in [4.78, 5) is 32.2. The number of nitrogens with zero attached hydrogens (tertiary/aromatic N) is 3. The maximum absolute atomic E-state index is 13.0. The first-order valence-corrected chi connectivity index (χ1v) is 16.3. The molecule has 0 saturated carbocycles. The molecule has 0 radical (unpaired) electrons. The van der Waals surface area contributed by atoms with Crippen LogP contribution < -0.4 is 5.32 Å². The van der Waals surface area contributed by atoms with E-state index in [0.29, 0.717) is 43.7 Å². The van der Waals surface area contributed by atoms with Crippen molar-refractivity contribution in [2.75, 3.05) is 32.9 Å². The first-order chi connectivity index (χ1) is 21.0. The van der Waals surface area contributed by atoms with E-state index in [2.05, 4.69) is 56.7 Å². The monoisotopic (exact) mass is 624 g/mol. The van der Waals surface area contributed by atoms with E-state index < -0.39 is 6.04 Å². The lowest BCUT2D eigenvalue weighted by atomic mass is 9.67. The number of ether oxygens (including phenoxy) is 2. The Kier molecular flexibility index (Phi) is 11.4. The smallest absolute Gasteiger partial charge is 0.409 e. The lowest BCUT2D eigenvalue weighted by Gasteiger charge is -2.41. The maximum atomic E-state index is 13.0. The minimum atomic E-state index is -0.460. The topological polar surface area (TPSA) is 85.7 Å². The molecule has 1 aliphatic carbocycles. The van der Waals surface area contributed by atoms with Crippen LogP contribution in [-0.2, 0) is 21.3 Å². The first-order valence-electron chi connectivity index (χ1n) is 15.9. The summed E-state index contributed by atoms with van der Waals surface area (Å²) in [5.41, 5.74) is 5.14. The lowest BCUT2D eigenvalue weighted by molar-refractivity contribution is -0.126. The third-order valence-electron chi connectivity index (χ3n) is 9.50. The van der Waals surface area contributed by atoms with Crippen molar-refractivity contribution in [2.45, 2.75) is 72.3 Å². The fourth-order valence-electron chi connectivity index (χ4n) is 6.31. The summed E-state index contributed by atoms with van der Waals surface area (Å²) in [5, 5.41) is 3.85. The van der Waals surface area contributed by atoms with Crippen LogP contribution in [0.1, 0.15) is 89.1 Å². The van der Waals surface area contributed by atoms with Gasteiger partial charge in [-0.05, 0) is 84.6 Å². The number of aromatic nitrogens is 2. The van der Waals surface area contributed by atoms with E-state index in [-0.39, 0.29) is 35.9 Å². The van der Waals surface area contributed by atoms with Crippen molar-refractivity contribution in [3.8, 4) is 0 Å². The molecule has 1 N–H and O–H groups in total. The van der Waals surface area contributed by atoms with Gasteiger partial charge in [-0.15, -0.1) is 0 Å². The highest BCUT2D eigenvalue weighted by atomic mass is 35.5. The van der Waals surface area contributed by atoms with Gasteiger partial charge in [0.2, 0.25) is 5.91 Å². The minimum Gasteiger partial charge on any atom is -0.449 e. The molecule has 2 aliphatic rings. The van der Waals surface area contributed by atoms with Crippen molar-refractivity contribution >= 4 is 29.2 Å². The number of nitrogens with one attached hydrogen (secondary N) is 1. The van der Waals surface area contributed by atoms with E-state index in [9.17, 15) is 9.59 Å². The summed E-state index contributed by atoms with van der Waals surface area (Å²) in [6.45, 7) is 17.2. The summed E-state index contributed by atoms with van der Waals surface area (Å²) in [5.74, 6) is 0.515. The molecule has 2 heterocycles. The van der Waals surface area contributed by atoms with Crippen LogP contribution in [0.2, 0.25) is 5.02 Å². The number of imidazole rings is 1. The Labute approximate surface area is 267 Å². The van der Waals surface area contributed by atoms with Crippen molar-refractivity contribution in [3.63, 3.8) is 0 Å². The second-order valence-electron chi connectivity index (χ2n) is 13.0. The number of rotatable bonds is 10. The summed E-state index contributed by atoms with van der Waals surface area (Å²) in [6.07, 6.45) is 8.85. The number of benzene rings is 1. The number of hydrogen-bond acceptors (Lipinski definition) is 5. The molecule has 8 nitrogen and oxygen atoms in total. The van der Waals surface area contributed by atoms with Crippen LogP contribution >= 0.6 is 11.6 Å². The zero-order chi connectivity index (χ0) is 32.0. The molecule has 1 aromatic heterocycles. The van der Waals surface area contributed by atoms with Gasteiger partial charge in [0.15, 0.2) is 0 Å². The Balaban J connectivity index is 1.66. The zero-order valence-electron chi connectivity index (χ0n) is 27.2. The van der Waals surface area contributed by atoms with Crippen molar-refractivity contribution < 1.29 is 19.1 Å². The van der Waals surface area contributed by atoms with Crippen molar-refractivity contribution in [1.29, 1.82) is 0 Å². The van der Waals surface area contributed by atoms with E-state index in [1.807, 2.05) is 35.6 Å². The van der Waals surface area contributed by atoms with Crippen LogP contribution in [0.15, 0.2) is 49.0 Å². The number of amides is 2. The zero-order valence-corrected chi connectivity index (χ0v) is 28.0. The fourth-order valence-corrected chi connectivity index (χ4v) is 6.48. The van der Waals surface area contributed by atoms with Gasteiger partial charge in [0, 0.05) is 31.8 Å². The second kappa shape index (κ2) is 14.8. The van der Waals surface area contributed by atoms with Crippen molar-refractivity contribution in [3.05, 3.63) is 70.8 Å². The van der Waals surface area contributed by atoms with Crippen LogP contribution in [0.25, 0.3) is 5.57 Å². The SMILES string of the molecule is C=C1C/C=C(/C(NC(=O)COCC)c2cncn2C)c2cc(Cl)ccc2C(C2CCN(C(=O)OCC(C)(C)CC)CC2)C1C. The largest absolute Gasteiger partial charge is 0.449 e. The summed E-state index contributed by atoms with van der Waals surface area (Å²) >= 11 is 6.67. The average molecular weight is 625 g/mol. The minimum absolute atomic E-state index is 0.0240. The highest BCUT2D eigenvalue weighted by Gasteiger charge is 2.37. The van der Waals surface area contributed by atoms with E-state index in [1.54, 1.807) is 12.5 Å². The average Bonchev–Trinajstić information content (AvgIpc) is 3.44. The molecule has 0 spiro atoms. The number of piperidine rings is 1. The molecule has 1 aromatic carbocycles. The Morgan fingerprint density at radius 3 is 2.59 bits per heavy atom. The first kappa shape index (κ1) is 33.8. The quantitative estimate of drug-likeness (QED) is 0.280. The Bertz CT molecular complexity index is 1360. The van der Waals surface area contributed by atoms with Gasteiger partial charge in [0.25, 0.3) is 0 Å². The molecule has 1 fully saturated rings. The highest BCUT2D eigenvalue weighted by Crippen LogP contribution is 2.48. The molecule has 1 aliphatic heterocycles. The number of halogens is 1. The Hall–Kier alpha value is -3.10. The van der Waals surface area contributed by atoms with Crippen LogP contribution in [0.5, 0.6) is 0 Å². The van der Waals surface area contributed by atoms with Crippen LogP contribution in [0.3, 0.4) is 0 Å². The summed E-state index contributed by atoms with van der Waals surface area (Å²) in [7, 11) is 1.93. The van der Waals surface area contributed by atoms with Gasteiger partial charge < -0.3 is 24.3 Å². The fraction of sp³-hybridized carbons (Fsp3) is 0.571.